The minimum atomic E-state index is -3.51. The van der Waals surface area contributed by atoms with Gasteiger partial charge in [-0.25, -0.2) is 8.42 Å². The average molecular weight is 312 g/mol. The fraction of sp³-hybridized carbons (Fsp3) is 0.786. The molecule has 0 aliphatic carbocycles. The zero-order valence-electron chi connectivity index (χ0n) is 13.3. The Morgan fingerprint density at radius 1 is 1.29 bits per heavy atom. The van der Waals surface area contributed by atoms with Gasteiger partial charge in [0.05, 0.1) is 11.4 Å². The molecule has 0 spiro atoms. The third-order valence-corrected chi connectivity index (χ3v) is 7.59. The SMILES string of the molecule is Cc1nn(C)c(C)c1S(=O)(=O)N1CC2CNCC2C1(C)C. The number of nitrogens with one attached hydrogen (secondary N) is 1. The van der Waals surface area contributed by atoms with Crippen molar-refractivity contribution >= 4 is 10.0 Å². The molecule has 2 aliphatic rings. The summed E-state index contributed by atoms with van der Waals surface area (Å²) in [5.41, 5.74) is 0.932. The summed E-state index contributed by atoms with van der Waals surface area (Å²) in [5, 5.41) is 7.65. The second-order valence-electron chi connectivity index (χ2n) is 6.84. The average Bonchev–Trinajstić information content (AvgIpc) is 2.97. The highest BCUT2D eigenvalue weighted by Gasteiger charge is 2.54. The van der Waals surface area contributed by atoms with Gasteiger partial charge < -0.3 is 5.32 Å². The summed E-state index contributed by atoms with van der Waals surface area (Å²) in [6.45, 7) is 10.1. The molecule has 0 amide bonds. The van der Waals surface area contributed by atoms with Gasteiger partial charge in [0, 0.05) is 25.7 Å². The highest BCUT2D eigenvalue weighted by Crippen LogP contribution is 2.44. The first kappa shape index (κ1) is 15.0. The van der Waals surface area contributed by atoms with Crippen LogP contribution in [0.1, 0.15) is 25.2 Å². The number of sulfonamides is 1. The van der Waals surface area contributed by atoms with Gasteiger partial charge in [-0.3, -0.25) is 4.68 Å². The van der Waals surface area contributed by atoms with Crippen molar-refractivity contribution in [3.8, 4) is 0 Å². The molecule has 2 aliphatic heterocycles. The van der Waals surface area contributed by atoms with E-state index in [1.165, 1.54) is 0 Å². The van der Waals surface area contributed by atoms with Gasteiger partial charge in [-0.1, -0.05) is 0 Å². The highest BCUT2D eigenvalue weighted by molar-refractivity contribution is 7.89. The minimum Gasteiger partial charge on any atom is -0.316 e. The smallest absolute Gasteiger partial charge is 0.247 e. The van der Waals surface area contributed by atoms with Gasteiger partial charge in [0.2, 0.25) is 10.0 Å². The molecule has 21 heavy (non-hydrogen) atoms. The van der Waals surface area contributed by atoms with Crippen molar-refractivity contribution < 1.29 is 8.42 Å². The number of hydrogen-bond acceptors (Lipinski definition) is 4. The van der Waals surface area contributed by atoms with E-state index < -0.39 is 10.0 Å². The Kier molecular flexibility index (Phi) is 3.24. The molecule has 0 saturated carbocycles. The molecule has 0 aromatic carbocycles. The lowest BCUT2D eigenvalue weighted by Crippen LogP contribution is -2.47. The van der Waals surface area contributed by atoms with Crippen LogP contribution in [-0.2, 0) is 17.1 Å². The van der Waals surface area contributed by atoms with E-state index in [4.69, 9.17) is 0 Å². The Balaban J connectivity index is 2.07. The van der Waals surface area contributed by atoms with Gasteiger partial charge in [-0.05, 0) is 46.1 Å². The second-order valence-corrected chi connectivity index (χ2v) is 8.64. The Bertz CT molecular complexity index is 677. The molecular weight excluding hydrogens is 288 g/mol. The van der Waals surface area contributed by atoms with E-state index in [1.807, 2.05) is 20.8 Å². The molecule has 2 saturated heterocycles. The van der Waals surface area contributed by atoms with Crippen LogP contribution in [0.4, 0.5) is 0 Å². The lowest BCUT2D eigenvalue weighted by molar-refractivity contribution is 0.233. The normalized spacial score (nSPS) is 29.0. The summed E-state index contributed by atoms with van der Waals surface area (Å²) in [6.07, 6.45) is 0. The second kappa shape index (κ2) is 4.54. The zero-order valence-corrected chi connectivity index (χ0v) is 14.2. The van der Waals surface area contributed by atoms with Crippen LogP contribution in [0.15, 0.2) is 4.90 Å². The van der Waals surface area contributed by atoms with Crippen molar-refractivity contribution in [3.63, 3.8) is 0 Å². The molecule has 6 nitrogen and oxygen atoms in total. The molecule has 0 bridgehead atoms. The highest BCUT2D eigenvalue weighted by atomic mass is 32.2. The summed E-state index contributed by atoms with van der Waals surface area (Å²) in [5.74, 6) is 0.789. The molecule has 2 atom stereocenters. The molecule has 118 valence electrons. The topological polar surface area (TPSA) is 67.2 Å². The van der Waals surface area contributed by atoms with Crippen LogP contribution in [0.5, 0.6) is 0 Å². The standard InChI is InChI=1S/C14H24N4O2S/c1-9-13(10(2)17(5)16-9)21(19,20)18-8-11-6-15-7-12(11)14(18,3)4/h11-12,15H,6-8H2,1-5H3. The molecule has 7 heteroatoms. The Morgan fingerprint density at radius 3 is 2.48 bits per heavy atom. The summed E-state index contributed by atoms with van der Waals surface area (Å²) in [4.78, 5) is 0.381. The monoisotopic (exact) mass is 312 g/mol. The molecule has 2 fully saturated rings. The van der Waals surface area contributed by atoms with Crippen LogP contribution >= 0.6 is 0 Å². The molecule has 2 unspecified atom stereocenters. The van der Waals surface area contributed by atoms with E-state index in [0.717, 1.165) is 13.1 Å². The van der Waals surface area contributed by atoms with Crippen LogP contribution in [0.3, 0.4) is 0 Å². The van der Waals surface area contributed by atoms with Crippen LogP contribution in [0, 0.1) is 25.7 Å². The van der Waals surface area contributed by atoms with Crippen molar-refractivity contribution in [2.45, 2.75) is 38.1 Å². The van der Waals surface area contributed by atoms with E-state index in [-0.39, 0.29) is 5.54 Å². The number of rotatable bonds is 2. The third-order valence-electron chi connectivity index (χ3n) is 5.28. The van der Waals surface area contributed by atoms with Crippen molar-refractivity contribution in [2.24, 2.45) is 18.9 Å². The summed E-state index contributed by atoms with van der Waals surface area (Å²) < 4.78 is 29.7. The van der Waals surface area contributed by atoms with Gasteiger partial charge in [0.1, 0.15) is 4.90 Å². The summed E-state index contributed by atoms with van der Waals surface area (Å²) >= 11 is 0. The molecule has 1 N–H and O–H groups in total. The largest absolute Gasteiger partial charge is 0.316 e. The molecule has 1 aromatic rings. The molecule has 0 radical (unpaired) electrons. The Morgan fingerprint density at radius 2 is 1.95 bits per heavy atom. The van der Waals surface area contributed by atoms with E-state index in [1.54, 1.807) is 23.0 Å². The maximum absolute atomic E-state index is 13.2. The summed E-state index contributed by atoms with van der Waals surface area (Å²) in [7, 11) is -1.72. The molecule has 3 heterocycles. The predicted molar refractivity (Wildman–Crippen MR) is 80.5 cm³/mol. The Labute approximate surface area is 126 Å². The Hall–Kier alpha value is -0.920. The first-order valence-corrected chi connectivity index (χ1v) is 8.85. The van der Waals surface area contributed by atoms with E-state index in [0.29, 0.717) is 34.7 Å². The number of aromatic nitrogens is 2. The predicted octanol–water partition coefficient (Wildman–Crippen LogP) is 0.655. The van der Waals surface area contributed by atoms with Crippen LogP contribution < -0.4 is 5.32 Å². The third kappa shape index (κ3) is 1.98. The van der Waals surface area contributed by atoms with Gasteiger partial charge in [-0.15, -0.1) is 0 Å². The first-order valence-electron chi connectivity index (χ1n) is 7.41. The van der Waals surface area contributed by atoms with Crippen molar-refractivity contribution in [3.05, 3.63) is 11.4 Å². The lowest BCUT2D eigenvalue weighted by Gasteiger charge is -2.34. The molecule has 3 rings (SSSR count). The quantitative estimate of drug-likeness (QED) is 0.871. The number of nitrogens with zero attached hydrogens (tertiary/aromatic N) is 3. The van der Waals surface area contributed by atoms with Crippen LogP contribution in [-0.4, -0.2) is 47.7 Å². The summed E-state index contributed by atoms with van der Waals surface area (Å²) in [6, 6.07) is 0. The van der Waals surface area contributed by atoms with E-state index >= 15 is 0 Å². The van der Waals surface area contributed by atoms with Crippen molar-refractivity contribution in [2.75, 3.05) is 19.6 Å². The lowest BCUT2D eigenvalue weighted by atomic mass is 9.85. The minimum absolute atomic E-state index is 0.359. The van der Waals surface area contributed by atoms with Gasteiger partial charge in [0.15, 0.2) is 0 Å². The fourth-order valence-corrected chi connectivity index (χ4v) is 6.31. The van der Waals surface area contributed by atoms with E-state index in [2.05, 4.69) is 10.4 Å². The number of hydrogen-bond donors (Lipinski definition) is 1. The number of fused-ring (bicyclic) bond motifs is 1. The zero-order chi connectivity index (χ0) is 15.6. The van der Waals surface area contributed by atoms with Crippen molar-refractivity contribution in [1.29, 1.82) is 0 Å². The number of aryl methyl sites for hydroxylation is 2. The molecule has 1 aromatic heterocycles. The van der Waals surface area contributed by atoms with Gasteiger partial charge >= 0.3 is 0 Å². The van der Waals surface area contributed by atoms with E-state index in [9.17, 15) is 8.42 Å². The van der Waals surface area contributed by atoms with Crippen molar-refractivity contribution in [1.82, 2.24) is 19.4 Å². The van der Waals surface area contributed by atoms with Crippen LogP contribution in [0.25, 0.3) is 0 Å². The first-order chi connectivity index (χ1) is 9.67. The molecular formula is C14H24N4O2S. The van der Waals surface area contributed by atoms with Gasteiger partial charge in [-0.2, -0.15) is 9.40 Å². The fourth-order valence-electron chi connectivity index (χ4n) is 4.03. The van der Waals surface area contributed by atoms with Gasteiger partial charge in [0.25, 0.3) is 0 Å². The maximum Gasteiger partial charge on any atom is 0.247 e. The maximum atomic E-state index is 13.2. The van der Waals surface area contributed by atoms with Crippen LogP contribution in [0.2, 0.25) is 0 Å².